The molecule has 1 fully saturated rings. The maximum absolute atomic E-state index is 12.9. The van der Waals surface area contributed by atoms with Gasteiger partial charge >= 0.3 is 0 Å². The molecule has 2 amide bonds. The molecule has 1 N–H and O–H groups in total. The smallest absolute Gasteiger partial charge is 0.289 e. The Balaban J connectivity index is 1.21. The molecule has 7 heteroatoms. The fraction of sp³-hybridized carbons (Fsp3) is 0.160. The lowest BCUT2D eigenvalue weighted by atomic mass is 10.1. The minimum Gasteiger partial charge on any atom is -0.459 e. The van der Waals surface area contributed by atoms with E-state index in [1.165, 1.54) is 6.26 Å². The van der Waals surface area contributed by atoms with Gasteiger partial charge in [0.2, 0.25) is 0 Å². The van der Waals surface area contributed by atoms with Crippen molar-refractivity contribution in [3.8, 4) is 0 Å². The van der Waals surface area contributed by atoms with Crippen LogP contribution >= 0.6 is 0 Å². The normalized spacial score (nSPS) is 14.4. The number of para-hydroxylation sites is 1. The molecule has 7 nitrogen and oxygen atoms in total. The molecule has 0 bridgehead atoms. The van der Waals surface area contributed by atoms with E-state index >= 15 is 0 Å². The van der Waals surface area contributed by atoms with Crippen LogP contribution in [0.15, 0.2) is 71.3 Å². The lowest BCUT2D eigenvalue weighted by Gasteiger charge is -2.34. The van der Waals surface area contributed by atoms with Crippen LogP contribution in [0.1, 0.15) is 32.2 Å². The molecule has 0 saturated carbocycles. The molecule has 4 aromatic rings. The van der Waals surface area contributed by atoms with Crippen molar-refractivity contribution in [2.24, 2.45) is 0 Å². The number of aromatic nitrogens is 2. The highest BCUT2D eigenvalue weighted by Gasteiger charge is 2.26. The summed E-state index contributed by atoms with van der Waals surface area (Å²) in [5.74, 6) is 0.170. The summed E-state index contributed by atoms with van der Waals surface area (Å²) in [5.41, 5.74) is 3.50. The van der Waals surface area contributed by atoms with Crippen LogP contribution in [0.5, 0.6) is 0 Å². The van der Waals surface area contributed by atoms with Gasteiger partial charge in [-0.1, -0.05) is 36.4 Å². The van der Waals surface area contributed by atoms with Gasteiger partial charge in [0.1, 0.15) is 0 Å². The highest BCUT2D eigenvalue weighted by atomic mass is 16.3. The van der Waals surface area contributed by atoms with Crippen LogP contribution in [0.25, 0.3) is 23.1 Å². The molecule has 3 heterocycles. The first kappa shape index (κ1) is 19.8. The molecule has 5 rings (SSSR count). The molecule has 0 unspecified atom stereocenters. The Morgan fingerprint density at radius 3 is 2.28 bits per heavy atom. The third kappa shape index (κ3) is 3.92. The van der Waals surface area contributed by atoms with Gasteiger partial charge in [0.25, 0.3) is 11.8 Å². The quantitative estimate of drug-likeness (QED) is 0.536. The number of hydrogen-bond acceptors (Lipinski definition) is 4. The molecule has 1 aliphatic heterocycles. The van der Waals surface area contributed by atoms with Gasteiger partial charge in [-0.25, -0.2) is 0 Å². The van der Waals surface area contributed by atoms with Gasteiger partial charge in [-0.3, -0.25) is 14.7 Å². The predicted molar refractivity (Wildman–Crippen MR) is 122 cm³/mol. The number of carbonyl (C=O) groups is 2. The fourth-order valence-corrected chi connectivity index (χ4v) is 3.87. The second kappa shape index (κ2) is 8.55. The van der Waals surface area contributed by atoms with Crippen molar-refractivity contribution in [1.29, 1.82) is 0 Å². The Hall–Kier alpha value is -4.13. The fourth-order valence-electron chi connectivity index (χ4n) is 3.87. The molecule has 160 valence electrons. The topological polar surface area (TPSA) is 82.4 Å². The number of carbonyl (C=O) groups excluding carboxylic acids is 2. The van der Waals surface area contributed by atoms with Crippen molar-refractivity contribution >= 4 is 34.9 Å². The number of furan rings is 1. The average molecular weight is 426 g/mol. The number of amides is 2. The second-order valence-electron chi connectivity index (χ2n) is 7.67. The molecular weight excluding hydrogens is 404 g/mol. The van der Waals surface area contributed by atoms with Crippen molar-refractivity contribution in [3.05, 3.63) is 89.5 Å². The molecule has 2 aromatic carbocycles. The number of benzene rings is 2. The van der Waals surface area contributed by atoms with Crippen molar-refractivity contribution in [3.63, 3.8) is 0 Å². The monoisotopic (exact) mass is 426 g/mol. The molecule has 0 atom stereocenters. The van der Waals surface area contributed by atoms with E-state index < -0.39 is 0 Å². The van der Waals surface area contributed by atoms with E-state index in [1.807, 2.05) is 60.7 Å². The summed E-state index contributed by atoms with van der Waals surface area (Å²) >= 11 is 0. The number of nitrogens with one attached hydrogen (secondary N) is 1. The van der Waals surface area contributed by atoms with Gasteiger partial charge in [-0.2, -0.15) is 5.10 Å². The van der Waals surface area contributed by atoms with Gasteiger partial charge < -0.3 is 14.2 Å². The first-order valence-corrected chi connectivity index (χ1v) is 10.5. The molecule has 32 heavy (non-hydrogen) atoms. The molecule has 1 saturated heterocycles. The van der Waals surface area contributed by atoms with Gasteiger partial charge in [-0.05, 0) is 42.0 Å². The number of hydrogen-bond donors (Lipinski definition) is 1. The Morgan fingerprint density at radius 2 is 1.56 bits per heavy atom. The van der Waals surface area contributed by atoms with Crippen LogP contribution in [0.2, 0.25) is 0 Å². The zero-order valence-electron chi connectivity index (χ0n) is 17.4. The van der Waals surface area contributed by atoms with Crippen LogP contribution in [0.3, 0.4) is 0 Å². The summed E-state index contributed by atoms with van der Waals surface area (Å²) in [7, 11) is 0. The van der Waals surface area contributed by atoms with E-state index in [0.29, 0.717) is 37.5 Å². The Labute approximate surface area is 184 Å². The lowest BCUT2D eigenvalue weighted by Crippen LogP contribution is -2.50. The average Bonchev–Trinajstić information content (AvgIpc) is 3.53. The van der Waals surface area contributed by atoms with Crippen molar-refractivity contribution in [2.75, 3.05) is 26.2 Å². The molecule has 0 aliphatic carbocycles. The zero-order valence-corrected chi connectivity index (χ0v) is 17.4. The van der Waals surface area contributed by atoms with Crippen molar-refractivity contribution < 1.29 is 14.0 Å². The summed E-state index contributed by atoms with van der Waals surface area (Å²) in [6, 6.07) is 18.9. The van der Waals surface area contributed by atoms with Gasteiger partial charge in [0.05, 0.1) is 17.5 Å². The molecule has 1 aliphatic rings. The summed E-state index contributed by atoms with van der Waals surface area (Å²) in [6.45, 7) is 1.98. The van der Waals surface area contributed by atoms with E-state index in [-0.39, 0.29) is 11.8 Å². The van der Waals surface area contributed by atoms with Crippen LogP contribution in [0, 0.1) is 0 Å². The molecular formula is C25H22N4O3. The van der Waals surface area contributed by atoms with Gasteiger partial charge in [0.15, 0.2) is 5.76 Å². The number of H-pyrrole nitrogens is 1. The van der Waals surface area contributed by atoms with Crippen LogP contribution < -0.4 is 0 Å². The molecule has 0 radical (unpaired) electrons. The third-order valence-electron chi connectivity index (χ3n) is 5.68. The molecule has 0 spiro atoms. The summed E-state index contributed by atoms with van der Waals surface area (Å²) in [6.07, 6.45) is 5.43. The number of aromatic amines is 1. The summed E-state index contributed by atoms with van der Waals surface area (Å²) in [5, 5.41) is 8.44. The van der Waals surface area contributed by atoms with Crippen LogP contribution in [0.4, 0.5) is 0 Å². The lowest BCUT2D eigenvalue weighted by molar-refractivity contribution is 0.0518. The van der Waals surface area contributed by atoms with Crippen LogP contribution in [-0.4, -0.2) is 58.0 Å². The Morgan fingerprint density at radius 1 is 0.844 bits per heavy atom. The van der Waals surface area contributed by atoms with E-state index in [1.54, 1.807) is 21.9 Å². The Bertz CT molecular complexity index is 1260. The van der Waals surface area contributed by atoms with E-state index in [4.69, 9.17) is 4.42 Å². The SMILES string of the molecule is O=C(c1ccc(/C=C/c2n[nH]c3ccccc23)cc1)N1CCN(C(=O)c2ccco2)CC1. The predicted octanol–water partition coefficient (Wildman–Crippen LogP) is 3.92. The minimum atomic E-state index is -0.136. The Kier molecular flexibility index (Phi) is 5.29. The first-order chi connectivity index (χ1) is 15.7. The standard InChI is InChI=1S/C25H22N4O3/c30-24(28-13-15-29(16-14-28)25(31)23-6-3-17-32-23)19-10-7-18(8-11-19)9-12-22-20-4-1-2-5-21(20)26-27-22/h1-12,17H,13-16H2,(H,26,27)/b12-9+. The van der Waals surface area contributed by atoms with Crippen LogP contribution in [-0.2, 0) is 0 Å². The van der Waals surface area contributed by atoms with E-state index in [2.05, 4.69) is 10.2 Å². The maximum Gasteiger partial charge on any atom is 0.289 e. The van der Waals surface area contributed by atoms with E-state index in [9.17, 15) is 9.59 Å². The number of nitrogens with zero attached hydrogens (tertiary/aromatic N) is 3. The molecule has 2 aromatic heterocycles. The highest BCUT2D eigenvalue weighted by Crippen LogP contribution is 2.18. The highest BCUT2D eigenvalue weighted by molar-refractivity contribution is 5.95. The number of piperazine rings is 1. The summed E-state index contributed by atoms with van der Waals surface area (Å²) in [4.78, 5) is 28.8. The van der Waals surface area contributed by atoms with Crippen molar-refractivity contribution in [1.82, 2.24) is 20.0 Å². The third-order valence-corrected chi connectivity index (χ3v) is 5.68. The zero-order chi connectivity index (χ0) is 21.9. The number of rotatable bonds is 4. The van der Waals surface area contributed by atoms with Gasteiger partial charge in [-0.15, -0.1) is 0 Å². The number of fused-ring (bicyclic) bond motifs is 1. The first-order valence-electron chi connectivity index (χ1n) is 10.5. The second-order valence-corrected chi connectivity index (χ2v) is 7.67. The van der Waals surface area contributed by atoms with Gasteiger partial charge in [0, 0.05) is 37.1 Å². The van der Waals surface area contributed by atoms with Crippen molar-refractivity contribution in [2.45, 2.75) is 0 Å². The minimum absolute atomic E-state index is 0.0241. The largest absolute Gasteiger partial charge is 0.459 e. The summed E-state index contributed by atoms with van der Waals surface area (Å²) < 4.78 is 5.18. The van der Waals surface area contributed by atoms with E-state index in [0.717, 1.165) is 22.2 Å². The maximum atomic E-state index is 12.9.